The number of Topliss-reactive ketones (excluding diaryl/α,β-unsaturated/α-hetero) is 1. The molecule has 1 nitrogen and oxygen atoms in total. The van der Waals surface area contributed by atoms with Gasteiger partial charge in [0.25, 0.3) is 0 Å². The highest BCUT2D eigenvalue weighted by atomic mass is 79.9. The van der Waals surface area contributed by atoms with Gasteiger partial charge in [0, 0.05) is 10.0 Å². The number of halogens is 3. The third-order valence-corrected chi connectivity index (χ3v) is 2.43. The van der Waals surface area contributed by atoms with Crippen molar-refractivity contribution in [2.24, 2.45) is 0 Å². The second kappa shape index (κ2) is 4.26. The Morgan fingerprint density at radius 1 is 1.33 bits per heavy atom. The molecule has 1 rings (SSSR count). The molecule has 0 radical (unpaired) electrons. The van der Waals surface area contributed by atoms with Crippen molar-refractivity contribution < 1.29 is 4.79 Å². The van der Waals surface area contributed by atoms with Crippen LogP contribution in [0.1, 0.15) is 10.4 Å². The average Bonchev–Trinajstić information content (AvgIpc) is 2.04. The molecule has 1 aromatic carbocycles. The number of hydrogen-bond donors (Lipinski definition) is 0. The van der Waals surface area contributed by atoms with Crippen molar-refractivity contribution in [3.8, 4) is 0 Å². The fourth-order valence-electron chi connectivity index (χ4n) is 0.779. The average molecular weight is 268 g/mol. The fourth-order valence-corrected chi connectivity index (χ4v) is 1.49. The lowest BCUT2D eigenvalue weighted by Crippen LogP contribution is -2.08. The molecule has 0 atom stereocenters. The summed E-state index contributed by atoms with van der Waals surface area (Å²) in [6.45, 7) is 0. The minimum Gasteiger partial charge on any atom is -0.291 e. The Morgan fingerprint density at radius 3 is 2.42 bits per heavy atom. The highest BCUT2D eigenvalue weighted by Crippen LogP contribution is 2.20. The van der Waals surface area contributed by atoms with Crippen LogP contribution in [0.2, 0.25) is 0 Å². The summed E-state index contributed by atoms with van der Waals surface area (Å²) in [4.78, 5) is 10.3. The summed E-state index contributed by atoms with van der Waals surface area (Å²) < 4.78 is 0.710. The summed E-state index contributed by atoms with van der Waals surface area (Å²) in [5.74, 6) is -0.286. The molecule has 0 aliphatic heterocycles. The lowest BCUT2D eigenvalue weighted by atomic mass is 10.1. The first-order chi connectivity index (χ1) is 5.63. The van der Waals surface area contributed by atoms with Gasteiger partial charge in [-0.15, -0.1) is 0 Å². The molecule has 0 saturated heterocycles. The summed E-state index contributed by atoms with van der Waals surface area (Å²) in [6, 6.07) is 7.01. The van der Waals surface area contributed by atoms with Crippen molar-refractivity contribution in [3.05, 3.63) is 34.3 Å². The monoisotopic (exact) mass is 266 g/mol. The maximum Gasteiger partial charge on any atom is 0.196 e. The van der Waals surface area contributed by atoms with E-state index in [4.69, 9.17) is 23.2 Å². The van der Waals surface area contributed by atoms with Crippen LogP contribution in [0.3, 0.4) is 0 Å². The maximum atomic E-state index is 11.3. The van der Waals surface area contributed by atoms with Gasteiger partial charge < -0.3 is 0 Å². The summed E-state index contributed by atoms with van der Waals surface area (Å²) in [5, 5.41) is 0. The zero-order valence-corrected chi connectivity index (χ0v) is 9.03. The van der Waals surface area contributed by atoms with Crippen LogP contribution >= 0.6 is 39.1 Å². The summed E-state index contributed by atoms with van der Waals surface area (Å²) >= 11 is 14.1. The third-order valence-electron chi connectivity index (χ3n) is 1.34. The summed E-state index contributed by atoms with van der Waals surface area (Å²) in [5.41, 5.74) is 0.507. The highest BCUT2D eigenvalue weighted by molar-refractivity contribution is 9.10. The Labute approximate surface area is 88.8 Å². The van der Waals surface area contributed by atoms with E-state index >= 15 is 0 Å². The standard InChI is InChI=1S/C8H5BrCl2O/c9-6-4-2-1-3-5(6)7(12)8(10)11/h1-4,8H. The normalized spacial score (nSPS) is 10.3. The molecule has 64 valence electrons. The first-order valence-corrected chi connectivity index (χ1v) is 4.86. The smallest absolute Gasteiger partial charge is 0.196 e. The van der Waals surface area contributed by atoms with Gasteiger partial charge in [0.2, 0.25) is 0 Å². The Bertz CT molecular complexity index is 299. The largest absolute Gasteiger partial charge is 0.291 e. The molecule has 0 saturated carbocycles. The predicted molar refractivity (Wildman–Crippen MR) is 54.0 cm³/mol. The van der Waals surface area contributed by atoms with Gasteiger partial charge in [-0.1, -0.05) is 57.3 Å². The van der Waals surface area contributed by atoms with Gasteiger partial charge in [0.1, 0.15) is 0 Å². The van der Waals surface area contributed by atoms with Gasteiger partial charge in [-0.25, -0.2) is 0 Å². The van der Waals surface area contributed by atoms with E-state index in [0.29, 0.717) is 10.0 Å². The summed E-state index contributed by atoms with van der Waals surface area (Å²) in [6.07, 6.45) is 0. The van der Waals surface area contributed by atoms with Crippen LogP contribution in [0.4, 0.5) is 0 Å². The summed E-state index contributed by atoms with van der Waals surface area (Å²) in [7, 11) is 0. The first-order valence-electron chi connectivity index (χ1n) is 3.20. The Hall–Kier alpha value is -0.0500. The number of rotatable bonds is 2. The number of alkyl halides is 2. The molecule has 0 N–H and O–H groups in total. The molecule has 0 aliphatic rings. The van der Waals surface area contributed by atoms with Crippen molar-refractivity contribution in [3.63, 3.8) is 0 Å². The van der Waals surface area contributed by atoms with E-state index in [1.807, 2.05) is 6.07 Å². The van der Waals surface area contributed by atoms with Crippen LogP contribution in [0, 0.1) is 0 Å². The zero-order chi connectivity index (χ0) is 9.14. The minimum absolute atomic E-state index is 0.286. The van der Waals surface area contributed by atoms with Gasteiger partial charge in [0.05, 0.1) is 0 Å². The molecule has 0 fully saturated rings. The van der Waals surface area contributed by atoms with Crippen molar-refractivity contribution in [2.45, 2.75) is 4.84 Å². The molecule has 1 aromatic rings. The second-order valence-electron chi connectivity index (χ2n) is 2.14. The SMILES string of the molecule is O=C(c1ccccc1Br)C(Cl)Cl. The lowest BCUT2D eigenvalue weighted by molar-refractivity contribution is 0.101. The fraction of sp³-hybridized carbons (Fsp3) is 0.125. The second-order valence-corrected chi connectivity index (χ2v) is 4.10. The molecule has 0 unspecified atom stereocenters. The van der Waals surface area contributed by atoms with E-state index in [2.05, 4.69) is 15.9 Å². The van der Waals surface area contributed by atoms with Crippen molar-refractivity contribution >= 4 is 44.9 Å². The van der Waals surface area contributed by atoms with Crippen LogP contribution in [-0.2, 0) is 0 Å². The molecule has 0 heterocycles. The molecule has 0 aliphatic carbocycles. The maximum absolute atomic E-state index is 11.3. The number of ketones is 1. The first kappa shape index (κ1) is 10.0. The topological polar surface area (TPSA) is 17.1 Å². The van der Waals surface area contributed by atoms with E-state index in [1.165, 1.54) is 0 Å². The van der Waals surface area contributed by atoms with Crippen LogP contribution < -0.4 is 0 Å². The van der Waals surface area contributed by atoms with Gasteiger partial charge in [0.15, 0.2) is 10.6 Å². The van der Waals surface area contributed by atoms with Crippen LogP contribution in [0.15, 0.2) is 28.7 Å². The Balaban J connectivity index is 3.03. The van der Waals surface area contributed by atoms with Crippen molar-refractivity contribution in [1.29, 1.82) is 0 Å². The molecule has 12 heavy (non-hydrogen) atoms. The van der Waals surface area contributed by atoms with E-state index in [-0.39, 0.29) is 5.78 Å². The Morgan fingerprint density at radius 2 is 1.92 bits per heavy atom. The van der Waals surface area contributed by atoms with E-state index in [0.717, 1.165) is 0 Å². The highest BCUT2D eigenvalue weighted by Gasteiger charge is 2.15. The predicted octanol–water partition coefficient (Wildman–Crippen LogP) is 3.44. The quantitative estimate of drug-likeness (QED) is 0.593. The molecular weight excluding hydrogens is 263 g/mol. The van der Waals surface area contributed by atoms with Crippen LogP contribution in [0.5, 0.6) is 0 Å². The lowest BCUT2D eigenvalue weighted by Gasteiger charge is -2.02. The molecule has 0 aromatic heterocycles. The zero-order valence-electron chi connectivity index (χ0n) is 5.93. The van der Waals surface area contributed by atoms with E-state index < -0.39 is 4.84 Å². The molecular formula is C8H5BrCl2O. The van der Waals surface area contributed by atoms with Gasteiger partial charge in [-0.2, -0.15) is 0 Å². The van der Waals surface area contributed by atoms with Crippen LogP contribution in [0.25, 0.3) is 0 Å². The van der Waals surface area contributed by atoms with E-state index in [9.17, 15) is 4.79 Å². The molecule has 0 bridgehead atoms. The van der Waals surface area contributed by atoms with Crippen LogP contribution in [-0.4, -0.2) is 10.6 Å². The minimum atomic E-state index is -0.997. The van der Waals surface area contributed by atoms with Gasteiger partial charge in [-0.3, -0.25) is 4.79 Å². The van der Waals surface area contributed by atoms with Gasteiger partial charge in [-0.05, 0) is 6.07 Å². The molecule has 0 amide bonds. The molecule has 0 spiro atoms. The van der Waals surface area contributed by atoms with Crippen molar-refractivity contribution in [1.82, 2.24) is 0 Å². The number of hydrogen-bond acceptors (Lipinski definition) is 1. The third kappa shape index (κ3) is 2.22. The number of carbonyl (C=O) groups is 1. The van der Waals surface area contributed by atoms with E-state index in [1.54, 1.807) is 18.2 Å². The Kier molecular flexibility index (Phi) is 3.56. The number of benzene rings is 1. The van der Waals surface area contributed by atoms with Crippen molar-refractivity contribution in [2.75, 3.05) is 0 Å². The van der Waals surface area contributed by atoms with Gasteiger partial charge >= 0.3 is 0 Å². The number of carbonyl (C=O) groups excluding carboxylic acids is 1. The molecule has 4 heteroatoms.